The van der Waals surface area contributed by atoms with Crippen LogP contribution in [0, 0.1) is 12.7 Å². The third-order valence-corrected chi connectivity index (χ3v) is 2.67. The molecule has 0 aliphatic rings. The number of ether oxygens (including phenoxy) is 1. The maximum atomic E-state index is 13.2. The van der Waals surface area contributed by atoms with Crippen LogP contribution < -0.4 is 10.1 Å². The number of halogens is 1. The average Bonchev–Trinajstić information content (AvgIpc) is 2.35. The van der Waals surface area contributed by atoms with Crippen LogP contribution in [-0.2, 0) is 6.54 Å². The Balaban J connectivity index is 2.06. The molecule has 0 unspecified atom stereocenters. The lowest BCUT2D eigenvalue weighted by molar-refractivity contribution is 0.414. The lowest BCUT2D eigenvalue weighted by atomic mass is 10.2. The van der Waals surface area contributed by atoms with Gasteiger partial charge in [-0.05, 0) is 48.4 Å². The molecule has 18 heavy (non-hydrogen) atoms. The van der Waals surface area contributed by atoms with Gasteiger partial charge in [-0.2, -0.15) is 0 Å². The highest BCUT2D eigenvalue weighted by molar-refractivity contribution is 5.46. The predicted octanol–water partition coefficient (Wildman–Crippen LogP) is 3.75. The van der Waals surface area contributed by atoms with E-state index < -0.39 is 0 Å². The lowest BCUT2D eigenvalue weighted by Gasteiger charge is -2.09. The zero-order chi connectivity index (χ0) is 13.0. The molecular weight excluding hydrogens is 229 g/mol. The van der Waals surface area contributed by atoms with E-state index in [1.54, 1.807) is 7.11 Å². The van der Waals surface area contributed by atoms with Crippen molar-refractivity contribution in [3.8, 4) is 5.75 Å². The smallest absolute Gasteiger partial charge is 0.125 e. The van der Waals surface area contributed by atoms with Gasteiger partial charge in [-0.25, -0.2) is 4.39 Å². The molecule has 0 spiro atoms. The van der Waals surface area contributed by atoms with Crippen LogP contribution >= 0.6 is 0 Å². The number of rotatable bonds is 4. The molecule has 0 aromatic heterocycles. The van der Waals surface area contributed by atoms with Gasteiger partial charge in [-0.1, -0.05) is 12.1 Å². The summed E-state index contributed by atoms with van der Waals surface area (Å²) < 4.78 is 18.4. The summed E-state index contributed by atoms with van der Waals surface area (Å²) in [6.07, 6.45) is 0. The van der Waals surface area contributed by atoms with E-state index in [-0.39, 0.29) is 5.82 Å². The van der Waals surface area contributed by atoms with Crippen LogP contribution in [0.4, 0.5) is 10.1 Å². The van der Waals surface area contributed by atoms with E-state index in [4.69, 9.17) is 4.74 Å². The van der Waals surface area contributed by atoms with Gasteiger partial charge < -0.3 is 10.1 Å². The number of nitrogens with one attached hydrogen (secondary N) is 1. The lowest BCUT2D eigenvalue weighted by Crippen LogP contribution is -2.00. The zero-order valence-electron chi connectivity index (χ0n) is 10.5. The molecule has 1 N–H and O–H groups in total. The quantitative estimate of drug-likeness (QED) is 0.885. The highest BCUT2D eigenvalue weighted by Gasteiger charge is 1.99. The van der Waals surface area contributed by atoms with Crippen LogP contribution in [0.15, 0.2) is 42.5 Å². The summed E-state index contributed by atoms with van der Waals surface area (Å²) in [6, 6.07) is 12.7. The highest BCUT2D eigenvalue weighted by Crippen LogP contribution is 2.16. The molecule has 0 saturated heterocycles. The Kier molecular flexibility index (Phi) is 3.82. The second kappa shape index (κ2) is 5.54. The molecule has 2 rings (SSSR count). The van der Waals surface area contributed by atoms with Gasteiger partial charge in [0, 0.05) is 12.2 Å². The topological polar surface area (TPSA) is 21.3 Å². The van der Waals surface area contributed by atoms with E-state index in [9.17, 15) is 4.39 Å². The third-order valence-electron chi connectivity index (χ3n) is 2.67. The van der Waals surface area contributed by atoms with Crippen molar-refractivity contribution < 1.29 is 9.13 Å². The largest absolute Gasteiger partial charge is 0.497 e. The van der Waals surface area contributed by atoms with Crippen LogP contribution in [0.1, 0.15) is 11.1 Å². The van der Waals surface area contributed by atoms with Crippen LogP contribution in [0.2, 0.25) is 0 Å². The van der Waals surface area contributed by atoms with Crippen LogP contribution in [0.3, 0.4) is 0 Å². The van der Waals surface area contributed by atoms with E-state index in [0.717, 1.165) is 22.6 Å². The molecule has 0 aliphatic carbocycles. The summed E-state index contributed by atoms with van der Waals surface area (Å²) in [4.78, 5) is 0. The number of hydrogen-bond acceptors (Lipinski definition) is 2. The molecule has 0 bridgehead atoms. The molecular formula is C15H16FNO. The number of anilines is 1. The molecule has 2 aromatic carbocycles. The van der Waals surface area contributed by atoms with Gasteiger partial charge in [0.1, 0.15) is 11.6 Å². The van der Waals surface area contributed by atoms with Gasteiger partial charge in [0.15, 0.2) is 0 Å². The fourth-order valence-corrected chi connectivity index (χ4v) is 1.82. The number of hydrogen-bond donors (Lipinski definition) is 1. The van der Waals surface area contributed by atoms with Gasteiger partial charge in [0.05, 0.1) is 7.11 Å². The second-order valence-electron chi connectivity index (χ2n) is 4.22. The minimum atomic E-state index is -0.219. The standard InChI is InChI=1S/C15H16FNO/c1-11-6-13(16)9-14(7-11)17-10-12-4-3-5-15(8-12)18-2/h3-9,17H,10H2,1-2H3. The van der Waals surface area contributed by atoms with Crippen molar-refractivity contribution in [2.24, 2.45) is 0 Å². The third kappa shape index (κ3) is 3.23. The first-order valence-electron chi connectivity index (χ1n) is 5.81. The Morgan fingerprint density at radius 2 is 2.00 bits per heavy atom. The van der Waals surface area contributed by atoms with Crippen LogP contribution in [0.25, 0.3) is 0 Å². The molecule has 0 aliphatic heterocycles. The van der Waals surface area contributed by atoms with Crippen molar-refractivity contribution in [1.82, 2.24) is 0 Å². The van der Waals surface area contributed by atoms with E-state index in [1.807, 2.05) is 37.3 Å². The van der Waals surface area contributed by atoms with Crippen LogP contribution in [-0.4, -0.2) is 7.11 Å². The van der Waals surface area contributed by atoms with Crippen molar-refractivity contribution in [3.63, 3.8) is 0 Å². The molecule has 0 amide bonds. The van der Waals surface area contributed by atoms with Crippen molar-refractivity contribution in [2.45, 2.75) is 13.5 Å². The zero-order valence-corrected chi connectivity index (χ0v) is 10.5. The fourth-order valence-electron chi connectivity index (χ4n) is 1.82. The predicted molar refractivity (Wildman–Crippen MR) is 71.5 cm³/mol. The summed E-state index contributed by atoms with van der Waals surface area (Å²) >= 11 is 0. The SMILES string of the molecule is COc1cccc(CNc2cc(C)cc(F)c2)c1. The Labute approximate surface area is 106 Å². The Bertz CT molecular complexity index is 520. The van der Waals surface area contributed by atoms with E-state index >= 15 is 0 Å². The van der Waals surface area contributed by atoms with E-state index in [0.29, 0.717) is 6.54 Å². The molecule has 0 radical (unpaired) electrons. The highest BCUT2D eigenvalue weighted by atomic mass is 19.1. The first-order chi connectivity index (χ1) is 8.67. The maximum absolute atomic E-state index is 13.2. The van der Waals surface area contributed by atoms with Gasteiger partial charge in [-0.3, -0.25) is 0 Å². The van der Waals surface area contributed by atoms with E-state index in [1.165, 1.54) is 12.1 Å². The molecule has 0 heterocycles. The molecule has 2 aromatic rings. The van der Waals surface area contributed by atoms with Crippen molar-refractivity contribution >= 4 is 5.69 Å². The normalized spacial score (nSPS) is 10.2. The molecule has 0 saturated carbocycles. The monoisotopic (exact) mass is 245 g/mol. The minimum absolute atomic E-state index is 0.219. The Morgan fingerprint density at radius 3 is 2.72 bits per heavy atom. The number of benzene rings is 2. The first kappa shape index (κ1) is 12.4. The maximum Gasteiger partial charge on any atom is 0.125 e. The van der Waals surface area contributed by atoms with Gasteiger partial charge in [0.25, 0.3) is 0 Å². The molecule has 94 valence electrons. The Morgan fingerprint density at radius 1 is 1.17 bits per heavy atom. The minimum Gasteiger partial charge on any atom is -0.497 e. The van der Waals surface area contributed by atoms with Gasteiger partial charge in [0.2, 0.25) is 0 Å². The van der Waals surface area contributed by atoms with Gasteiger partial charge >= 0.3 is 0 Å². The van der Waals surface area contributed by atoms with Crippen LogP contribution in [0.5, 0.6) is 5.75 Å². The second-order valence-corrected chi connectivity index (χ2v) is 4.22. The molecule has 0 atom stereocenters. The average molecular weight is 245 g/mol. The summed E-state index contributed by atoms with van der Waals surface area (Å²) in [6.45, 7) is 2.51. The van der Waals surface area contributed by atoms with Gasteiger partial charge in [-0.15, -0.1) is 0 Å². The number of aryl methyl sites for hydroxylation is 1. The Hall–Kier alpha value is -2.03. The van der Waals surface area contributed by atoms with Crippen molar-refractivity contribution in [1.29, 1.82) is 0 Å². The van der Waals surface area contributed by atoms with Crippen molar-refractivity contribution in [3.05, 3.63) is 59.4 Å². The number of methoxy groups -OCH3 is 1. The van der Waals surface area contributed by atoms with E-state index in [2.05, 4.69) is 5.32 Å². The fraction of sp³-hybridized carbons (Fsp3) is 0.200. The molecule has 3 heteroatoms. The first-order valence-corrected chi connectivity index (χ1v) is 5.81. The molecule has 0 fully saturated rings. The van der Waals surface area contributed by atoms with Crippen molar-refractivity contribution in [2.75, 3.05) is 12.4 Å². The summed E-state index contributed by atoms with van der Waals surface area (Å²) in [5.41, 5.74) is 2.79. The summed E-state index contributed by atoms with van der Waals surface area (Å²) in [7, 11) is 1.64. The molecule has 2 nitrogen and oxygen atoms in total. The summed E-state index contributed by atoms with van der Waals surface area (Å²) in [5.74, 6) is 0.605. The summed E-state index contributed by atoms with van der Waals surface area (Å²) in [5, 5.41) is 3.20.